The summed E-state index contributed by atoms with van der Waals surface area (Å²) in [4.78, 5) is -0.0760. The Morgan fingerprint density at radius 1 is 1.15 bits per heavy atom. The highest BCUT2D eigenvalue weighted by Crippen LogP contribution is 2.20. The van der Waals surface area contributed by atoms with Crippen molar-refractivity contribution in [2.45, 2.75) is 9.79 Å². The Bertz CT molecular complexity index is 822. The van der Waals surface area contributed by atoms with Gasteiger partial charge >= 0.3 is 0 Å². The molecule has 20 heavy (non-hydrogen) atoms. The Hall–Kier alpha value is -2.07. The minimum atomic E-state index is -3.87. The number of nitrogens with zero attached hydrogens (tertiary/aromatic N) is 1. The van der Waals surface area contributed by atoms with Gasteiger partial charge in [0.25, 0.3) is 10.0 Å². The van der Waals surface area contributed by atoms with Crippen molar-refractivity contribution in [1.82, 2.24) is 10.2 Å². The van der Waals surface area contributed by atoms with Crippen LogP contribution in [0.5, 0.6) is 0 Å². The molecule has 0 saturated carbocycles. The number of sulfonamides is 1. The van der Waals surface area contributed by atoms with Crippen LogP contribution in [0.4, 0.5) is 11.5 Å². The third kappa shape index (κ3) is 2.91. The van der Waals surface area contributed by atoms with Crippen molar-refractivity contribution in [2.24, 2.45) is 0 Å². The minimum absolute atomic E-state index is 0.0785. The van der Waals surface area contributed by atoms with Crippen molar-refractivity contribution in [3.8, 4) is 0 Å². The summed E-state index contributed by atoms with van der Waals surface area (Å²) < 4.78 is 48.9. The number of aromatic amines is 1. The lowest BCUT2D eigenvalue weighted by molar-refractivity contribution is 0.600. The molecule has 0 aliphatic rings. The average Bonchev–Trinajstić information content (AvgIpc) is 2.75. The molecule has 1 aromatic heterocycles. The van der Waals surface area contributed by atoms with E-state index in [1.54, 1.807) is 0 Å². The van der Waals surface area contributed by atoms with Crippen LogP contribution in [-0.4, -0.2) is 33.3 Å². The Morgan fingerprint density at radius 3 is 2.20 bits per heavy atom. The molecule has 0 amide bonds. The molecule has 1 heterocycles. The fourth-order valence-corrected chi connectivity index (χ4v) is 3.19. The molecule has 0 atom stereocenters. The van der Waals surface area contributed by atoms with Gasteiger partial charge in [0.1, 0.15) is 10.7 Å². The molecule has 0 aliphatic carbocycles. The van der Waals surface area contributed by atoms with E-state index in [9.17, 15) is 16.8 Å². The number of rotatable bonds is 4. The molecule has 8 nitrogen and oxygen atoms in total. The molecule has 0 saturated heterocycles. The van der Waals surface area contributed by atoms with E-state index in [-0.39, 0.29) is 21.3 Å². The van der Waals surface area contributed by atoms with Crippen LogP contribution in [0, 0.1) is 0 Å². The predicted octanol–water partition coefficient (Wildman–Crippen LogP) is 0.196. The van der Waals surface area contributed by atoms with Gasteiger partial charge in [0.15, 0.2) is 9.84 Å². The molecule has 108 valence electrons. The summed E-state index contributed by atoms with van der Waals surface area (Å²) in [6, 6.07) is 5.33. The fourth-order valence-electron chi connectivity index (χ4n) is 1.48. The summed E-state index contributed by atoms with van der Waals surface area (Å²) in [7, 11) is -7.19. The summed E-state index contributed by atoms with van der Waals surface area (Å²) in [6.45, 7) is 0. The Kier molecular flexibility index (Phi) is 3.44. The number of anilines is 2. The molecule has 0 spiro atoms. The quantitative estimate of drug-likeness (QED) is 0.737. The number of hydrogen-bond acceptors (Lipinski definition) is 6. The van der Waals surface area contributed by atoms with Crippen LogP contribution < -0.4 is 10.5 Å². The van der Waals surface area contributed by atoms with E-state index < -0.39 is 19.9 Å². The maximum atomic E-state index is 12.0. The molecule has 0 bridgehead atoms. The highest BCUT2D eigenvalue weighted by atomic mass is 32.2. The number of hydrogen-bond donors (Lipinski definition) is 3. The van der Waals surface area contributed by atoms with Gasteiger partial charge in [-0.3, -0.25) is 9.82 Å². The molecular weight excluding hydrogens is 304 g/mol. The highest BCUT2D eigenvalue weighted by Gasteiger charge is 2.19. The SMILES string of the molecule is CS(=O)(=O)c1ccc(NS(=O)(=O)c2cn[nH]c2N)cc1. The Balaban J connectivity index is 2.29. The number of H-pyrrole nitrogens is 1. The summed E-state index contributed by atoms with van der Waals surface area (Å²) in [5, 5.41) is 5.85. The third-order valence-corrected chi connectivity index (χ3v) is 4.99. The van der Waals surface area contributed by atoms with Crippen molar-refractivity contribution in [2.75, 3.05) is 16.7 Å². The van der Waals surface area contributed by atoms with E-state index >= 15 is 0 Å². The topological polar surface area (TPSA) is 135 Å². The van der Waals surface area contributed by atoms with E-state index in [2.05, 4.69) is 14.9 Å². The Morgan fingerprint density at radius 2 is 1.75 bits per heavy atom. The zero-order valence-corrected chi connectivity index (χ0v) is 12.0. The van der Waals surface area contributed by atoms with E-state index in [1.165, 1.54) is 24.3 Å². The van der Waals surface area contributed by atoms with Crippen molar-refractivity contribution >= 4 is 31.4 Å². The predicted molar refractivity (Wildman–Crippen MR) is 73.4 cm³/mol. The number of nitrogens with two attached hydrogens (primary N) is 1. The second kappa shape index (κ2) is 4.80. The lowest BCUT2D eigenvalue weighted by Gasteiger charge is -2.07. The maximum Gasteiger partial charge on any atom is 0.267 e. The summed E-state index contributed by atoms with van der Waals surface area (Å²) in [6.07, 6.45) is 2.15. The van der Waals surface area contributed by atoms with Gasteiger partial charge in [0.05, 0.1) is 11.1 Å². The molecular formula is C10H12N4O4S2. The number of aromatic nitrogens is 2. The first kappa shape index (κ1) is 14.3. The summed E-state index contributed by atoms with van der Waals surface area (Å²) in [5.74, 6) is -0.0785. The molecule has 10 heteroatoms. The molecule has 0 unspecified atom stereocenters. The van der Waals surface area contributed by atoms with Crippen molar-refractivity contribution in [3.63, 3.8) is 0 Å². The van der Waals surface area contributed by atoms with Crippen LogP contribution >= 0.6 is 0 Å². The fraction of sp³-hybridized carbons (Fsp3) is 0.100. The smallest absolute Gasteiger partial charge is 0.267 e. The van der Waals surface area contributed by atoms with Gasteiger partial charge in [0, 0.05) is 11.9 Å². The second-order valence-electron chi connectivity index (χ2n) is 4.05. The molecule has 2 rings (SSSR count). The lowest BCUT2D eigenvalue weighted by Crippen LogP contribution is -2.14. The van der Waals surface area contributed by atoms with Gasteiger partial charge in [0.2, 0.25) is 0 Å². The van der Waals surface area contributed by atoms with Crippen LogP contribution in [0.25, 0.3) is 0 Å². The van der Waals surface area contributed by atoms with Crippen molar-refractivity contribution in [1.29, 1.82) is 0 Å². The van der Waals surface area contributed by atoms with Gasteiger partial charge < -0.3 is 5.73 Å². The van der Waals surface area contributed by atoms with Crippen molar-refractivity contribution < 1.29 is 16.8 Å². The van der Waals surface area contributed by atoms with Gasteiger partial charge in [-0.05, 0) is 24.3 Å². The minimum Gasteiger partial charge on any atom is -0.383 e. The summed E-state index contributed by atoms with van der Waals surface area (Å²) in [5.41, 5.74) is 5.67. The van der Waals surface area contributed by atoms with Crippen LogP contribution in [0.3, 0.4) is 0 Å². The Labute approximate surface area is 116 Å². The molecule has 0 radical (unpaired) electrons. The molecule has 0 fully saturated rings. The molecule has 4 N–H and O–H groups in total. The average molecular weight is 316 g/mol. The standard InChI is InChI=1S/C10H12N4O4S2/c1-19(15,16)8-4-2-7(3-5-8)14-20(17,18)9-6-12-13-10(9)11/h2-6,14H,1H3,(H3,11,12,13). The van der Waals surface area contributed by atoms with E-state index in [0.29, 0.717) is 0 Å². The first-order valence-corrected chi connectivity index (χ1v) is 8.69. The van der Waals surface area contributed by atoms with Crippen LogP contribution in [0.15, 0.2) is 40.3 Å². The van der Waals surface area contributed by atoms with Crippen LogP contribution in [0.2, 0.25) is 0 Å². The summed E-state index contributed by atoms with van der Waals surface area (Å²) >= 11 is 0. The maximum absolute atomic E-state index is 12.0. The monoisotopic (exact) mass is 316 g/mol. The van der Waals surface area contributed by atoms with Crippen molar-refractivity contribution in [3.05, 3.63) is 30.5 Å². The van der Waals surface area contributed by atoms with E-state index in [4.69, 9.17) is 5.73 Å². The second-order valence-corrected chi connectivity index (χ2v) is 7.72. The van der Waals surface area contributed by atoms with Gasteiger partial charge in [-0.25, -0.2) is 16.8 Å². The van der Waals surface area contributed by atoms with E-state index in [1.807, 2.05) is 0 Å². The molecule has 2 aromatic rings. The van der Waals surface area contributed by atoms with Crippen LogP contribution in [-0.2, 0) is 19.9 Å². The highest BCUT2D eigenvalue weighted by molar-refractivity contribution is 7.93. The number of nitrogen functional groups attached to an aromatic ring is 1. The normalized spacial score (nSPS) is 12.2. The van der Waals surface area contributed by atoms with Gasteiger partial charge in [-0.1, -0.05) is 0 Å². The largest absolute Gasteiger partial charge is 0.383 e. The lowest BCUT2D eigenvalue weighted by atomic mass is 10.3. The number of sulfone groups is 1. The van der Waals surface area contributed by atoms with Crippen LogP contribution in [0.1, 0.15) is 0 Å². The molecule has 0 aliphatic heterocycles. The first-order chi connectivity index (χ1) is 9.20. The number of nitrogens with one attached hydrogen (secondary N) is 2. The van der Waals surface area contributed by atoms with Gasteiger partial charge in [-0.2, -0.15) is 5.10 Å². The number of benzene rings is 1. The van der Waals surface area contributed by atoms with E-state index in [0.717, 1.165) is 12.5 Å². The molecule has 1 aromatic carbocycles. The first-order valence-electron chi connectivity index (χ1n) is 5.32. The zero-order chi connectivity index (χ0) is 15.0. The zero-order valence-electron chi connectivity index (χ0n) is 10.4. The van der Waals surface area contributed by atoms with Gasteiger partial charge in [-0.15, -0.1) is 0 Å². The third-order valence-electron chi connectivity index (χ3n) is 2.46.